The van der Waals surface area contributed by atoms with E-state index in [1.54, 1.807) is 10.4 Å². The van der Waals surface area contributed by atoms with Gasteiger partial charge in [0.05, 0.1) is 0 Å². The van der Waals surface area contributed by atoms with Crippen LogP contribution in [0.15, 0.2) is 11.4 Å². The molecule has 2 aliphatic rings. The Hall–Kier alpha value is -0.340. The van der Waals surface area contributed by atoms with E-state index >= 15 is 0 Å². The highest BCUT2D eigenvalue weighted by atomic mass is 32.1. The van der Waals surface area contributed by atoms with Gasteiger partial charge in [-0.15, -0.1) is 11.3 Å². The summed E-state index contributed by atoms with van der Waals surface area (Å²) < 4.78 is 0. The van der Waals surface area contributed by atoms with Gasteiger partial charge in [-0.2, -0.15) is 0 Å². The largest absolute Gasteiger partial charge is 0.313 e. The molecule has 0 bridgehead atoms. The number of fused-ring (bicyclic) bond motifs is 1. The number of aryl methyl sites for hydroxylation is 1. The van der Waals surface area contributed by atoms with Crippen LogP contribution in [0.1, 0.15) is 75.2 Å². The van der Waals surface area contributed by atoms with E-state index in [1.807, 2.05) is 11.3 Å². The Morgan fingerprint density at radius 1 is 1.24 bits per heavy atom. The molecular weight excluding hydrogens is 274 g/mol. The van der Waals surface area contributed by atoms with Crippen molar-refractivity contribution in [3.05, 3.63) is 21.9 Å². The first kappa shape index (κ1) is 15.6. The molecule has 1 nitrogen and oxygen atoms in total. The van der Waals surface area contributed by atoms with E-state index in [4.69, 9.17) is 0 Å². The second-order valence-electron chi connectivity index (χ2n) is 7.30. The van der Waals surface area contributed by atoms with Gasteiger partial charge in [0, 0.05) is 16.8 Å². The predicted octanol–water partition coefficient (Wildman–Crippen LogP) is 5.36. The van der Waals surface area contributed by atoms with Crippen LogP contribution in [-0.2, 0) is 6.42 Å². The number of thiophene rings is 1. The third-order valence-corrected chi connectivity index (χ3v) is 6.73. The van der Waals surface area contributed by atoms with Crippen molar-refractivity contribution in [3.8, 4) is 0 Å². The first-order chi connectivity index (χ1) is 10.3. The Bertz CT molecular complexity index is 431. The normalized spacial score (nSPS) is 30.9. The topological polar surface area (TPSA) is 12.0 Å². The van der Waals surface area contributed by atoms with Gasteiger partial charge in [-0.05, 0) is 73.9 Å². The number of hydrogen-bond acceptors (Lipinski definition) is 2. The smallest absolute Gasteiger partial charge is 0.0164 e. The lowest BCUT2D eigenvalue weighted by Crippen LogP contribution is -2.43. The summed E-state index contributed by atoms with van der Waals surface area (Å²) in [5.41, 5.74) is 1.69. The van der Waals surface area contributed by atoms with Crippen LogP contribution in [-0.4, -0.2) is 12.6 Å². The van der Waals surface area contributed by atoms with Crippen LogP contribution in [0.5, 0.6) is 0 Å². The summed E-state index contributed by atoms with van der Waals surface area (Å²) in [6.45, 7) is 5.92. The quantitative estimate of drug-likeness (QED) is 0.772. The maximum Gasteiger partial charge on any atom is 0.0164 e. The minimum absolute atomic E-state index is 0.728. The molecular formula is C19H31NS. The third-order valence-electron chi connectivity index (χ3n) is 5.73. The van der Waals surface area contributed by atoms with Crippen LogP contribution in [0.2, 0.25) is 0 Å². The minimum Gasteiger partial charge on any atom is -0.313 e. The van der Waals surface area contributed by atoms with Crippen LogP contribution >= 0.6 is 11.3 Å². The second kappa shape index (κ2) is 7.28. The van der Waals surface area contributed by atoms with E-state index in [-0.39, 0.29) is 0 Å². The molecule has 0 saturated heterocycles. The SMILES string of the molecule is CCCNC(C1CCC(C)CC1)C1CCCc2sccc21. The fourth-order valence-corrected chi connectivity index (χ4v) is 5.49. The second-order valence-corrected chi connectivity index (χ2v) is 8.30. The molecule has 2 aliphatic carbocycles. The Labute approximate surface area is 134 Å². The molecule has 0 radical (unpaired) electrons. The summed E-state index contributed by atoms with van der Waals surface area (Å²) in [4.78, 5) is 1.68. The third kappa shape index (κ3) is 3.53. The zero-order valence-corrected chi connectivity index (χ0v) is 14.6. The summed E-state index contributed by atoms with van der Waals surface area (Å²) in [5, 5.41) is 6.28. The molecule has 0 aromatic carbocycles. The Balaban J connectivity index is 1.76. The fraction of sp³-hybridized carbons (Fsp3) is 0.789. The van der Waals surface area contributed by atoms with Crippen molar-refractivity contribution >= 4 is 11.3 Å². The van der Waals surface area contributed by atoms with Crippen LogP contribution in [0.25, 0.3) is 0 Å². The van der Waals surface area contributed by atoms with Gasteiger partial charge in [-0.25, -0.2) is 0 Å². The van der Waals surface area contributed by atoms with Gasteiger partial charge >= 0.3 is 0 Å². The molecule has 1 aromatic rings. The lowest BCUT2D eigenvalue weighted by atomic mass is 9.71. The van der Waals surface area contributed by atoms with Gasteiger partial charge in [0.2, 0.25) is 0 Å². The van der Waals surface area contributed by atoms with E-state index < -0.39 is 0 Å². The molecule has 118 valence electrons. The zero-order chi connectivity index (χ0) is 14.7. The molecule has 1 saturated carbocycles. The van der Waals surface area contributed by atoms with Gasteiger partial charge in [0.25, 0.3) is 0 Å². The van der Waals surface area contributed by atoms with Crippen molar-refractivity contribution in [3.63, 3.8) is 0 Å². The predicted molar refractivity (Wildman–Crippen MR) is 93.2 cm³/mol. The average Bonchev–Trinajstić information content (AvgIpc) is 2.98. The molecule has 21 heavy (non-hydrogen) atoms. The molecule has 2 atom stereocenters. The Morgan fingerprint density at radius 3 is 2.81 bits per heavy atom. The number of nitrogens with one attached hydrogen (secondary N) is 1. The molecule has 2 heteroatoms. The van der Waals surface area contributed by atoms with Crippen LogP contribution < -0.4 is 5.32 Å². The molecule has 0 aliphatic heterocycles. The lowest BCUT2D eigenvalue weighted by Gasteiger charge is -2.39. The molecule has 0 amide bonds. The van der Waals surface area contributed by atoms with E-state index in [1.165, 1.54) is 57.9 Å². The fourth-order valence-electron chi connectivity index (χ4n) is 4.49. The highest BCUT2D eigenvalue weighted by molar-refractivity contribution is 7.10. The summed E-state index contributed by atoms with van der Waals surface area (Å²) in [6, 6.07) is 3.15. The molecule has 0 spiro atoms. The van der Waals surface area contributed by atoms with Gasteiger partial charge < -0.3 is 5.32 Å². The van der Waals surface area contributed by atoms with E-state index in [0.717, 1.165) is 23.8 Å². The zero-order valence-electron chi connectivity index (χ0n) is 13.7. The van der Waals surface area contributed by atoms with Crippen molar-refractivity contribution in [2.45, 2.75) is 77.2 Å². The Morgan fingerprint density at radius 2 is 2.05 bits per heavy atom. The van der Waals surface area contributed by atoms with Crippen molar-refractivity contribution in [1.82, 2.24) is 5.32 Å². The summed E-state index contributed by atoms with van der Waals surface area (Å²) in [7, 11) is 0. The van der Waals surface area contributed by atoms with Gasteiger partial charge in [-0.3, -0.25) is 0 Å². The summed E-state index contributed by atoms with van der Waals surface area (Å²) in [6.07, 6.45) is 11.1. The first-order valence-corrected chi connectivity index (χ1v) is 9.97. The summed E-state index contributed by atoms with van der Waals surface area (Å²) in [5.74, 6) is 2.64. The lowest BCUT2D eigenvalue weighted by molar-refractivity contribution is 0.201. The monoisotopic (exact) mass is 305 g/mol. The average molecular weight is 306 g/mol. The van der Waals surface area contributed by atoms with Crippen molar-refractivity contribution < 1.29 is 0 Å². The maximum atomic E-state index is 3.96. The standard InChI is InChI=1S/C19H31NS/c1-3-12-20-19(15-9-7-14(2)8-10-15)17-5-4-6-18-16(17)11-13-21-18/h11,13-15,17,19-20H,3-10,12H2,1-2H3. The highest BCUT2D eigenvalue weighted by Gasteiger charge is 2.34. The van der Waals surface area contributed by atoms with E-state index in [9.17, 15) is 0 Å². The van der Waals surface area contributed by atoms with Crippen LogP contribution in [0.3, 0.4) is 0 Å². The molecule has 1 heterocycles. The van der Waals surface area contributed by atoms with Gasteiger partial charge in [0.1, 0.15) is 0 Å². The molecule has 1 N–H and O–H groups in total. The van der Waals surface area contributed by atoms with Crippen LogP contribution in [0, 0.1) is 11.8 Å². The van der Waals surface area contributed by atoms with Crippen molar-refractivity contribution in [2.24, 2.45) is 11.8 Å². The maximum absolute atomic E-state index is 3.96. The van der Waals surface area contributed by atoms with Gasteiger partial charge in [-0.1, -0.05) is 26.7 Å². The number of rotatable bonds is 5. The van der Waals surface area contributed by atoms with E-state index in [0.29, 0.717) is 0 Å². The molecule has 1 fully saturated rings. The Kier molecular flexibility index (Phi) is 5.39. The number of hydrogen-bond donors (Lipinski definition) is 1. The summed E-state index contributed by atoms with van der Waals surface area (Å²) >= 11 is 1.99. The molecule has 2 unspecified atom stereocenters. The minimum atomic E-state index is 0.728. The van der Waals surface area contributed by atoms with E-state index in [2.05, 4.69) is 30.6 Å². The first-order valence-electron chi connectivity index (χ1n) is 9.09. The highest BCUT2D eigenvalue weighted by Crippen LogP contribution is 2.42. The van der Waals surface area contributed by atoms with Crippen molar-refractivity contribution in [1.29, 1.82) is 0 Å². The van der Waals surface area contributed by atoms with Gasteiger partial charge in [0.15, 0.2) is 0 Å². The molecule has 1 aromatic heterocycles. The molecule has 3 rings (SSSR count). The van der Waals surface area contributed by atoms with Crippen LogP contribution in [0.4, 0.5) is 0 Å². The van der Waals surface area contributed by atoms with Crippen molar-refractivity contribution in [2.75, 3.05) is 6.54 Å².